The van der Waals surface area contributed by atoms with Gasteiger partial charge in [0.05, 0.1) is 0 Å². The van der Waals surface area contributed by atoms with Gasteiger partial charge in [0.15, 0.2) is 0 Å². The van der Waals surface area contributed by atoms with E-state index in [2.05, 4.69) is 10.3 Å². The zero-order valence-corrected chi connectivity index (χ0v) is 11.0. The highest BCUT2D eigenvalue weighted by atomic mass is 35.5. The summed E-state index contributed by atoms with van der Waals surface area (Å²) in [7, 11) is 0. The number of nitrogens with zero attached hydrogens (tertiary/aromatic N) is 1. The van der Waals surface area contributed by atoms with Crippen molar-refractivity contribution in [3.8, 4) is 0 Å². The summed E-state index contributed by atoms with van der Waals surface area (Å²) < 4.78 is 0. The van der Waals surface area contributed by atoms with Gasteiger partial charge in [-0.05, 0) is 30.7 Å². The molecule has 0 radical (unpaired) electrons. The lowest BCUT2D eigenvalue weighted by molar-refractivity contribution is 0.0949. The van der Waals surface area contributed by atoms with Crippen molar-refractivity contribution in [2.45, 2.75) is 18.1 Å². The van der Waals surface area contributed by atoms with Crippen LogP contribution in [-0.2, 0) is 0 Å². The zero-order chi connectivity index (χ0) is 11.4. The first kappa shape index (κ1) is 14.1. The quantitative estimate of drug-likeness (QED) is 0.880. The first-order chi connectivity index (χ1) is 7.75. The Hall–Kier alpha value is -0.940. The van der Waals surface area contributed by atoms with Crippen molar-refractivity contribution in [1.82, 2.24) is 10.3 Å². The lowest BCUT2D eigenvalue weighted by Gasteiger charge is -2.09. The minimum Gasteiger partial charge on any atom is -0.384 e. The number of pyridine rings is 1. The van der Waals surface area contributed by atoms with Gasteiger partial charge in [-0.25, -0.2) is 4.98 Å². The molecule has 1 aliphatic rings. The van der Waals surface area contributed by atoms with Crippen molar-refractivity contribution in [2.24, 2.45) is 0 Å². The van der Waals surface area contributed by atoms with Gasteiger partial charge in [0.1, 0.15) is 11.5 Å². The van der Waals surface area contributed by atoms with E-state index < -0.39 is 0 Å². The van der Waals surface area contributed by atoms with Crippen molar-refractivity contribution >= 4 is 35.9 Å². The highest BCUT2D eigenvalue weighted by molar-refractivity contribution is 8.00. The third-order valence-electron chi connectivity index (χ3n) is 2.52. The lowest BCUT2D eigenvalue weighted by Crippen LogP contribution is -2.30. The van der Waals surface area contributed by atoms with Crippen molar-refractivity contribution in [2.75, 3.05) is 18.0 Å². The summed E-state index contributed by atoms with van der Waals surface area (Å²) in [5, 5.41) is 3.45. The van der Waals surface area contributed by atoms with Crippen molar-refractivity contribution < 1.29 is 4.79 Å². The number of amides is 1. The normalized spacial score (nSPS) is 18.5. The minimum absolute atomic E-state index is 0. The maximum Gasteiger partial charge on any atom is 0.270 e. The van der Waals surface area contributed by atoms with Crippen LogP contribution in [0.1, 0.15) is 23.3 Å². The summed E-state index contributed by atoms with van der Waals surface area (Å²) in [6.45, 7) is 0.722. The average Bonchev–Trinajstić information content (AvgIpc) is 2.78. The molecule has 17 heavy (non-hydrogen) atoms. The molecule has 0 spiro atoms. The number of rotatable bonds is 3. The van der Waals surface area contributed by atoms with Gasteiger partial charge < -0.3 is 11.1 Å². The zero-order valence-electron chi connectivity index (χ0n) is 9.39. The molecule has 1 atom stereocenters. The van der Waals surface area contributed by atoms with Crippen molar-refractivity contribution in [3.05, 3.63) is 23.9 Å². The fraction of sp³-hybridized carbons (Fsp3) is 0.455. The first-order valence-corrected chi connectivity index (χ1v) is 6.43. The molecule has 2 heterocycles. The first-order valence-electron chi connectivity index (χ1n) is 5.38. The number of nitrogens with two attached hydrogens (primary N) is 1. The van der Waals surface area contributed by atoms with E-state index in [1.807, 2.05) is 11.8 Å². The second-order valence-electron chi connectivity index (χ2n) is 3.79. The number of nitrogens with one attached hydrogen (secondary N) is 1. The molecule has 0 bridgehead atoms. The van der Waals surface area contributed by atoms with E-state index >= 15 is 0 Å². The van der Waals surface area contributed by atoms with E-state index in [0.717, 1.165) is 6.54 Å². The molecular formula is C11H16ClN3OS. The second-order valence-corrected chi connectivity index (χ2v) is 5.20. The van der Waals surface area contributed by atoms with E-state index in [1.165, 1.54) is 18.6 Å². The molecule has 94 valence electrons. The van der Waals surface area contributed by atoms with E-state index in [1.54, 1.807) is 18.2 Å². The number of carbonyl (C=O) groups is 1. The standard InChI is InChI=1S/C11H15N3OS.ClH/c12-10-5-1-4-9(14-10)11(15)13-7-8-3-2-6-16-8;/h1,4-5,8H,2-3,6-7H2,(H2,12,14)(H,13,15);1H. The van der Waals surface area contributed by atoms with Gasteiger partial charge in [-0.15, -0.1) is 12.4 Å². The molecule has 1 amide bonds. The Balaban J connectivity index is 0.00000144. The van der Waals surface area contributed by atoms with Gasteiger partial charge >= 0.3 is 0 Å². The summed E-state index contributed by atoms with van der Waals surface area (Å²) in [5.74, 6) is 1.44. The SMILES string of the molecule is Cl.Nc1cccc(C(=O)NCC2CCCS2)n1. The fourth-order valence-corrected chi connectivity index (χ4v) is 2.88. The van der Waals surface area contributed by atoms with E-state index in [9.17, 15) is 4.79 Å². The largest absolute Gasteiger partial charge is 0.384 e. The van der Waals surface area contributed by atoms with Crippen LogP contribution < -0.4 is 11.1 Å². The molecule has 1 fully saturated rings. The summed E-state index contributed by atoms with van der Waals surface area (Å²) >= 11 is 1.92. The fourth-order valence-electron chi connectivity index (χ4n) is 1.68. The molecule has 4 nitrogen and oxygen atoms in total. The number of nitrogen functional groups attached to an aromatic ring is 1. The van der Waals surface area contributed by atoms with Crippen LogP contribution in [0.4, 0.5) is 5.82 Å². The minimum atomic E-state index is -0.139. The molecule has 1 aliphatic heterocycles. The highest BCUT2D eigenvalue weighted by Gasteiger charge is 2.16. The average molecular weight is 274 g/mol. The van der Waals surface area contributed by atoms with Crippen LogP contribution in [0.15, 0.2) is 18.2 Å². The number of carbonyl (C=O) groups excluding carboxylic acids is 1. The predicted octanol–water partition coefficient (Wildman–Crippen LogP) is 1.71. The molecule has 0 saturated carbocycles. The molecule has 3 N–H and O–H groups in total. The van der Waals surface area contributed by atoms with E-state index in [0.29, 0.717) is 16.8 Å². The Bertz CT molecular complexity index is 383. The maximum absolute atomic E-state index is 11.7. The smallest absolute Gasteiger partial charge is 0.270 e. The van der Waals surface area contributed by atoms with Crippen LogP contribution in [0.3, 0.4) is 0 Å². The molecule has 1 unspecified atom stereocenters. The third kappa shape index (κ3) is 4.09. The topological polar surface area (TPSA) is 68.0 Å². The molecule has 0 aromatic carbocycles. The Morgan fingerprint density at radius 3 is 3.06 bits per heavy atom. The van der Waals surface area contributed by atoms with Crippen molar-refractivity contribution in [1.29, 1.82) is 0 Å². The van der Waals surface area contributed by atoms with Gasteiger partial charge in [-0.1, -0.05) is 6.07 Å². The Morgan fingerprint density at radius 1 is 1.59 bits per heavy atom. The van der Waals surface area contributed by atoms with Gasteiger partial charge in [0.2, 0.25) is 0 Å². The number of aromatic nitrogens is 1. The van der Waals surface area contributed by atoms with E-state index in [-0.39, 0.29) is 18.3 Å². The highest BCUT2D eigenvalue weighted by Crippen LogP contribution is 2.25. The molecule has 1 aromatic heterocycles. The van der Waals surface area contributed by atoms with Crippen LogP contribution in [-0.4, -0.2) is 28.4 Å². The maximum atomic E-state index is 11.7. The summed E-state index contributed by atoms with van der Waals surface area (Å²) in [4.78, 5) is 15.7. The molecule has 0 aliphatic carbocycles. The van der Waals surface area contributed by atoms with Crippen LogP contribution in [0, 0.1) is 0 Å². The second kappa shape index (κ2) is 6.71. The molecule has 2 rings (SSSR count). The molecular weight excluding hydrogens is 258 g/mol. The summed E-state index contributed by atoms with van der Waals surface area (Å²) in [5.41, 5.74) is 5.91. The summed E-state index contributed by atoms with van der Waals surface area (Å²) in [6.07, 6.45) is 2.44. The van der Waals surface area contributed by atoms with Gasteiger partial charge in [0.25, 0.3) is 5.91 Å². The van der Waals surface area contributed by atoms with Crippen LogP contribution in [0.25, 0.3) is 0 Å². The molecule has 1 saturated heterocycles. The lowest BCUT2D eigenvalue weighted by atomic mass is 10.2. The van der Waals surface area contributed by atoms with Crippen LogP contribution in [0.2, 0.25) is 0 Å². The van der Waals surface area contributed by atoms with Crippen molar-refractivity contribution in [3.63, 3.8) is 0 Å². The monoisotopic (exact) mass is 273 g/mol. The third-order valence-corrected chi connectivity index (χ3v) is 3.92. The number of halogens is 1. The number of hydrogen-bond donors (Lipinski definition) is 2. The Kier molecular flexibility index (Phi) is 5.58. The number of hydrogen-bond acceptors (Lipinski definition) is 4. The molecule has 1 aromatic rings. The van der Waals surface area contributed by atoms with Gasteiger partial charge in [0, 0.05) is 11.8 Å². The van der Waals surface area contributed by atoms with Gasteiger partial charge in [-0.2, -0.15) is 11.8 Å². The predicted molar refractivity (Wildman–Crippen MR) is 73.7 cm³/mol. The van der Waals surface area contributed by atoms with Crippen LogP contribution >= 0.6 is 24.2 Å². The van der Waals surface area contributed by atoms with Gasteiger partial charge in [-0.3, -0.25) is 4.79 Å². The number of thioether (sulfide) groups is 1. The van der Waals surface area contributed by atoms with E-state index in [4.69, 9.17) is 5.73 Å². The summed E-state index contributed by atoms with van der Waals surface area (Å²) in [6, 6.07) is 5.08. The Morgan fingerprint density at radius 2 is 2.41 bits per heavy atom. The number of anilines is 1. The Labute approximate surface area is 111 Å². The molecule has 6 heteroatoms. The van der Waals surface area contributed by atoms with Crippen LogP contribution in [0.5, 0.6) is 0 Å².